The Labute approximate surface area is 127 Å². The van der Waals surface area contributed by atoms with E-state index in [1.807, 2.05) is 31.3 Å². The Morgan fingerprint density at radius 3 is 2.81 bits per heavy atom. The van der Waals surface area contributed by atoms with Crippen LogP contribution < -0.4 is 0 Å². The van der Waals surface area contributed by atoms with Crippen LogP contribution >= 0.6 is 11.6 Å². The minimum atomic E-state index is 0.395. The molecule has 0 amide bonds. The zero-order valence-corrected chi connectivity index (χ0v) is 12.2. The van der Waals surface area contributed by atoms with Crippen molar-refractivity contribution in [3.05, 3.63) is 59.1 Å². The Balaban J connectivity index is 1.64. The Morgan fingerprint density at radius 2 is 2.05 bits per heavy atom. The van der Waals surface area contributed by atoms with E-state index in [2.05, 4.69) is 15.1 Å². The molecule has 6 heteroatoms. The summed E-state index contributed by atoms with van der Waals surface area (Å²) in [5, 5.41) is 8.74. The highest BCUT2D eigenvalue weighted by Crippen LogP contribution is 2.19. The molecule has 0 unspecified atom stereocenters. The lowest BCUT2D eigenvalue weighted by molar-refractivity contribution is 0.282. The lowest BCUT2D eigenvalue weighted by Crippen LogP contribution is -2.17. The summed E-state index contributed by atoms with van der Waals surface area (Å²) in [6, 6.07) is 11.3. The molecular weight excluding hydrogens is 290 g/mol. The molecule has 0 spiro atoms. The van der Waals surface area contributed by atoms with Crippen LogP contribution in [0.3, 0.4) is 0 Å². The highest BCUT2D eigenvalue weighted by Gasteiger charge is 2.12. The second kappa shape index (κ2) is 6.11. The molecule has 0 saturated carbocycles. The van der Waals surface area contributed by atoms with E-state index in [0.717, 1.165) is 17.1 Å². The largest absolute Gasteiger partial charge is 0.459 e. The van der Waals surface area contributed by atoms with Crippen molar-refractivity contribution < 1.29 is 8.83 Å². The van der Waals surface area contributed by atoms with Crippen molar-refractivity contribution in [3.63, 3.8) is 0 Å². The molecule has 0 aliphatic rings. The van der Waals surface area contributed by atoms with Crippen LogP contribution in [0.1, 0.15) is 11.5 Å². The predicted molar refractivity (Wildman–Crippen MR) is 78.6 cm³/mol. The van der Waals surface area contributed by atoms with Gasteiger partial charge in [-0.25, -0.2) is 0 Å². The van der Waals surface area contributed by atoms with Gasteiger partial charge in [0, 0.05) is 11.6 Å². The Hall–Kier alpha value is -2.11. The summed E-state index contributed by atoms with van der Waals surface area (Å²) < 4.78 is 10.8. The summed E-state index contributed by atoms with van der Waals surface area (Å²) in [6.45, 7) is 1.30. The van der Waals surface area contributed by atoms with E-state index < -0.39 is 0 Å². The molecule has 108 valence electrons. The number of hydrogen-bond acceptors (Lipinski definition) is 5. The van der Waals surface area contributed by atoms with E-state index in [4.69, 9.17) is 20.4 Å². The van der Waals surface area contributed by atoms with Crippen molar-refractivity contribution in [2.75, 3.05) is 7.05 Å². The lowest BCUT2D eigenvalue weighted by atomic mass is 10.2. The molecule has 0 saturated heterocycles. The zero-order chi connectivity index (χ0) is 14.7. The van der Waals surface area contributed by atoms with Gasteiger partial charge >= 0.3 is 0 Å². The van der Waals surface area contributed by atoms with Crippen LogP contribution in [0.25, 0.3) is 11.7 Å². The van der Waals surface area contributed by atoms with Gasteiger partial charge in [0.1, 0.15) is 0 Å². The topological polar surface area (TPSA) is 55.3 Å². The van der Waals surface area contributed by atoms with Crippen LogP contribution in [0.15, 0.2) is 51.5 Å². The van der Waals surface area contributed by atoms with Gasteiger partial charge in [-0.05, 0) is 36.9 Å². The number of rotatable bonds is 5. The fourth-order valence-corrected chi connectivity index (χ4v) is 2.26. The Kier molecular flexibility index (Phi) is 4.03. The molecule has 5 nitrogen and oxygen atoms in total. The molecule has 2 heterocycles. The quantitative estimate of drug-likeness (QED) is 0.720. The van der Waals surface area contributed by atoms with E-state index in [-0.39, 0.29) is 0 Å². The van der Waals surface area contributed by atoms with Crippen LogP contribution in [0.4, 0.5) is 0 Å². The van der Waals surface area contributed by atoms with Gasteiger partial charge in [-0.1, -0.05) is 23.7 Å². The first-order chi connectivity index (χ1) is 10.2. The first-order valence-electron chi connectivity index (χ1n) is 6.50. The van der Waals surface area contributed by atoms with E-state index in [1.54, 1.807) is 18.4 Å². The number of benzene rings is 1. The van der Waals surface area contributed by atoms with Crippen molar-refractivity contribution in [2.24, 2.45) is 0 Å². The normalized spacial score (nSPS) is 11.2. The van der Waals surface area contributed by atoms with Crippen LogP contribution in [0.2, 0.25) is 5.02 Å². The summed E-state index contributed by atoms with van der Waals surface area (Å²) in [4.78, 5) is 2.07. The Bertz CT molecular complexity index is 709. The van der Waals surface area contributed by atoms with E-state index in [1.165, 1.54) is 0 Å². The number of furan rings is 1. The summed E-state index contributed by atoms with van der Waals surface area (Å²) in [6.07, 6.45) is 1.57. The molecule has 1 aromatic carbocycles. The van der Waals surface area contributed by atoms with Crippen molar-refractivity contribution >= 4 is 11.6 Å². The maximum absolute atomic E-state index is 5.98. The molecular formula is C15H14ClN3O2. The van der Waals surface area contributed by atoms with Crippen LogP contribution in [0.5, 0.6) is 0 Å². The summed E-state index contributed by atoms with van der Waals surface area (Å²) >= 11 is 5.98. The lowest BCUT2D eigenvalue weighted by Gasteiger charge is -2.14. The third-order valence-corrected chi connectivity index (χ3v) is 3.18. The summed E-state index contributed by atoms with van der Waals surface area (Å²) in [5.41, 5.74) is 1.13. The molecule has 3 aromatic rings. The van der Waals surface area contributed by atoms with Gasteiger partial charge in [0.15, 0.2) is 5.76 Å². The fraction of sp³-hybridized carbons (Fsp3) is 0.200. The van der Waals surface area contributed by atoms with E-state index in [0.29, 0.717) is 24.1 Å². The third kappa shape index (κ3) is 3.51. The average molecular weight is 304 g/mol. The predicted octanol–water partition coefficient (Wildman–Crippen LogP) is 3.62. The SMILES string of the molecule is CN(Cc1cccc(Cl)c1)Cc1nnc(-c2ccco2)o1. The van der Waals surface area contributed by atoms with E-state index in [9.17, 15) is 0 Å². The average Bonchev–Trinajstić information content (AvgIpc) is 3.08. The molecule has 0 N–H and O–H groups in total. The second-order valence-corrected chi connectivity index (χ2v) is 5.22. The molecule has 21 heavy (non-hydrogen) atoms. The molecule has 0 radical (unpaired) electrons. The van der Waals surface area contributed by atoms with Gasteiger partial charge in [0.25, 0.3) is 5.89 Å². The summed E-state index contributed by atoms with van der Waals surface area (Å²) in [7, 11) is 1.98. The van der Waals surface area contributed by atoms with Crippen molar-refractivity contribution in [3.8, 4) is 11.7 Å². The standard InChI is InChI=1S/C15H14ClN3O2/c1-19(9-11-4-2-5-12(16)8-11)10-14-17-18-15(21-14)13-6-3-7-20-13/h2-8H,9-10H2,1H3. The number of hydrogen-bond donors (Lipinski definition) is 0. The molecule has 0 aliphatic carbocycles. The van der Waals surface area contributed by atoms with Crippen LogP contribution in [-0.2, 0) is 13.1 Å². The zero-order valence-electron chi connectivity index (χ0n) is 11.5. The van der Waals surface area contributed by atoms with Crippen molar-refractivity contribution in [1.82, 2.24) is 15.1 Å². The van der Waals surface area contributed by atoms with Gasteiger partial charge in [-0.2, -0.15) is 0 Å². The fourth-order valence-electron chi connectivity index (χ4n) is 2.05. The van der Waals surface area contributed by atoms with Crippen molar-refractivity contribution in [1.29, 1.82) is 0 Å². The van der Waals surface area contributed by atoms with E-state index >= 15 is 0 Å². The van der Waals surface area contributed by atoms with Crippen molar-refractivity contribution in [2.45, 2.75) is 13.1 Å². The van der Waals surface area contributed by atoms with Crippen LogP contribution in [0, 0.1) is 0 Å². The molecule has 2 aromatic heterocycles. The number of nitrogens with zero attached hydrogens (tertiary/aromatic N) is 3. The number of halogens is 1. The molecule has 3 rings (SSSR count). The number of aromatic nitrogens is 2. The highest BCUT2D eigenvalue weighted by molar-refractivity contribution is 6.30. The molecule has 0 fully saturated rings. The van der Waals surface area contributed by atoms with Crippen LogP contribution in [-0.4, -0.2) is 22.1 Å². The van der Waals surface area contributed by atoms with Gasteiger partial charge in [0.2, 0.25) is 5.89 Å². The van der Waals surface area contributed by atoms with Gasteiger partial charge < -0.3 is 8.83 Å². The molecule has 0 bridgehead atoms. The first kappa shape index (κ1) is 13.9. The van der Waals surface area contributed by atoms with Gasteiger partial charge in [0.05, 0.1) is 12.8 Å². The highest BCUT2D eigenvalue weighted by atomic mass is 35.5. The molecule has 0 aliphatic heterocycles. The minimum absolute atomic E-state index is 0.395. The monoisotopic (exact) mass is 303 g/mol. The maximum atomic E-state index is 5.98. The maximum Gasteiger partial charge on any atom is 0.283 e. The van der Waals surface area contributed by atoms with Gasteiger partial charge in [-0.15, -0.1) is 10.2 Å². The second-order valence-electron chi connectivity index (χ2n) is 4.78. The molecule has 0 atom stereocenters. The minimum Gasteiger partial charge on any atom is -0.459 e. The summed E-state index contributed by atoms with van der Waals surface area (Å²) in [5.74, 6) is 1.52. The Morgan fingerprint density at radius 1 is 1.14 bits per heavy atom. The smallest absolute Gasteiger partial charge is 0.283 e. The van der Waals surface area contributed by atoms with Gasteiger partial charge in [-0.3, -0.25) is 4.90 Å². The first-order valence-corrected chi connectivity index (χ1v) is 6.88. The third-order valence-electron chi connectivity index (χ3n) is 2.95.